The molecule has 1 aromatic carbocycles. The maximum Gasteiger partial charge on any atom is 0.310 e. The average Bonchev–Trinajstić information content (AvgIpc) is 2.77. The van der Waals surface area contributed by atoms with Crippen molar-refractivity contribution < 1.29 is 18.3 Å². The van der Waals surface area contributed by atoms with Crippen molar-refractivity contribution in [3.8, 4) is 0 Å². The van der Waals surface area contributed by atoms with E-state index in [1.165, 1.54) is 25.3 Å². The van der Waals surface area contributed by atoms with E-state index in [1.54, 1.807) is 0 Å². The van der Waals surface area contributed by atoms with Crippen molar-refractivity contribution >= 4 is 5.97 Å². The van der Waals surface area contributed by atoms with E-state index in [-0.39, 0.29) is 5.56 Å². The molecule has 2 atom stereocenters. The number of methoxy groups -OCH3 is 1. The molecule has 0 radical (unpaired) electrons. The Bertz CT molecular complexity index is 416. The largest absolute Gasteiger partial charge is 0.469 e. The molecule has 3 nitrogen and oxygen atoms in total. The standard InChI is InChI=1S/C12H13F2NO2/c1-17-12(16)8-6-15-5-7(8)11-9(13)3-2-4-10(11)14/h2-4,7-8,15H,5-6H2,1H3. The minimum Gasteiger partial charge on any atom is -0.469 e. The van der Waals surface area contributed by atoms with Crippen molar-refractivity contribution in [3.63, 3.8) is 0 Å². The van der Waals surface area contributed by atoms with Crippen LogP contribution in [0.1, 0.15) is 11.5 Å². The second kappa shape index (κ2) is 4.79. The number of hydrogen-bond donors (Lipinski definition) is 1. The fourth-order valence-corrected chi connectivity index (χ4v) is 2.25. The summed E-state index contributed by atoms with van der Waals surface area (Å²) in [5.41, 5.74) is -0.0344. The first-order chi connectivity index (χ1) is 8.15. The molecule has 0 spiro atoms. The van der Waals surface area contributed by atoms with E-state index >= 15 is 0 Å². The highest BCUT2D eigenvalue weighted by Crippen LogP contribution is 2.32. The minimum absolute atomic E-state index is 0.0344. The zero-order valence-corrected chi connectivity index (χ0v) is 9.37. The lowest BCUT2D eigenvalue weighted by Crippen LogP contribution is -2.24. The van der Waals surface area contributed by atoms with E-state index in [0.717, 1.165) is 0 Å². The monoisotopic (exact) mass is 241 g/mol. The van der Waals surface area contributed by atoms with Gasteiger partial charge in [-0.1, -0.05) is 6.07 Å². The third-order valence-electron chi connectivity index (χ3n) is 3.09. The van der Waals surface area contributed by atoms with Crippen molar-refractivity contribution in [2.45, 2.75) is 5.92 Å². The van der Waals surface area contributed by atoms with Crippen molar-refractivity contribution in [2.24, 2.45) is 5.92 Å². The van der Waals surface area contributed by atoms with Crippen LogP contribution >= 0.6 is 0 Å². The number of halogens is 2. The first-order valence-electron chi connectivity index (χ1n) is 5.37. The van der Waals surface area contributed by atoms with Crippen LogP contribution in [-0.4, -0.2) is 26.2 Å². The van der Waals surface area contributed by atoms with Crippen LogP contribution in [0.5, 0.6) is 0 Å². The molecule has 0 saturated carbocycles. The van der Waals surface area contributed by atoms with Gasteiger partial charge >= 0.3 is 5.97 Å². The van der Waals surface area contributed by atoms with Crippen molar-refractivity contribution in [1.29, 1.82) is 0 Å². The topological polar surface area (TPSA) is 38.3 Å². The summed E-state index contributed by atoms with van der Waals surface area (Å²) < 4.78 is 31.9. The molecular weight excluding hydrogens is 228 g/mol. The molecule has 0 bridgehead atoms. The van der Waals surface area contributed by atoms with Crippen LogP contribution in [-0.2, 0) is 9.53 Å². The highest BCUT2D eigenvalue weighted by Gasteiger charge is 2.37. The van der Waals surface area contributed by atoms with Crippen molar-refractivity contribution in [3.05, 3.63) is 35.4 Å². The van der Waals surface area contributed by atoms with Gasteiger partial charge in [0.1, 0.15) is 11.6 Å². The third kappa shape index (κ3) is 2.15. The van der Waals surface area contributed by atoms with Gasteiger partial charge in [0.15, 0.2) is 0 Å². The molecule has 92 valence electrons. The lowest BCUT2D eigenvalue weighted by Gasteiger charge is -2.17. The van der Waals surface area contributed by atoms with Crippen LogP contribution in [0.25, 0.3) is 0 Å². The zero-order valence-electron chi connectivity index (χ0n) is 9.37. The summed E-state index contributed by atoms with van der Waals surface area (Å²) in [4.78, 5) is 11.5. The van der Waals surface area contributed by atoms with E-state index in [4.69, 9.17) is 0 Å². The number of nitrogens with one attached hydrogen (secondary N) is 1. The second-order valence-corrected chi connectivity index (χ2v) is 4.03. The van der Waals surface area contributed by atoms with Crippen LogP contribution in [0.2, 0.25) is 0 Å². The Morgan fingerprint density at radius 1 is 1.35 bits per heavy atom. The van der Waals surface area contributed by atoms with E-state index in [1.807, 2.05) is 0 Å². The quantitative estimate of drug-likeness (QED) is 0.796. The molecule has 1 heterocycles. The molecule has 5 heteroatoms. The number of benzene rings is 1. The molecule has 1 aliphatic rings. The van der Waals surface area contributed by atoms with Gasteiger partial charge in [0.2, 0.25) is 0 Å². The Hall–Kier alpha value is -1.49. The number of rotatable bonds is 2. The molecule has 1 aromatic rings. The van der Waals surface area contributed by atoms with Gasteiger partial charge in [0.25, 0.3) is 0 Å². The second-order valence-electron chi connectivity index (χ2n) is 4.03. The van der Waals surface area contributed by atoms with Crippen LogP contribution in [0, 0.1) is 17.6 Å². The molecule has 0 aliphatic carbocycles. The molecule has 1 N–H and O–H groups in total. The minimum atomic E-state index is -0.618. The van der Waals surface area contributed by atoms with Gasteiger partial charge < -0.3 is 10.1 Å². The molecule has 1 fully saturated rings. The number of hydrogen-bond acceptors (Lipinski definition) is 3. The maximum absolute atomic E-state index is 13.6. The summed E-state index contributed by atoms with van der Waals surface area (Å²) in [5, 5.41) is 2.96. The normalized spacial score (nSPS) is 23.7. The Kier molecular flexibility index (Phi) is 3.38. The third-order valence-corrected chi connectivity index (χ3v) is 3.09. The number of ether oxygens (including phenoxy) is 1. The Balaban J connectivity index is 2.36. The van der Waals surface area contributed by atoms with Crippen LogP contribution < -0.4 is 5.32 Å². The molecule has 0 aromatic heterocycles. The van der Waals surface area contributed by atoms with E-state index in [2.05, 4.69) is 10.1 Å². The fourth-order valence-electron chi connectivity index (χ4n) is 2.25. The first-order valence-corrected chi connectivity index (χ1v) is 5.37. The summed E-state index contributed by atoms with van der Waals surface area (Å²) in [6.07, 6.45) is 0. The molecule has 17 heavy (non-hydrogen) atoms. The van der Waals surface area contributed by atoms with Crippen LogP contribution in [0.15, 0.2) is 18.2 Å². The van der Waals surface area contributed by atoms with Gasteiger partial charge in [-0.25, -0.2) is 8.78 Å². The van der Waals surface area contributed by atoms with E-state index in [0.29, 0.717) is 13.1 Å². The van der Waals surface area contributed by atoms with Crippen molar-refractivity contribution in [2.75, 3.05) is 20.2 Å². The number of esters is 1. The van der Waals surface area contributed by atoms with Crippen LogP contribution in [0.4, 0.5) is 8.78 Å². The Morgan fingerprint density at radius 2 is 2.00 bits per heavy atom. The first kappa shape index (κ1) is 12.0. The predicted octanol–water partition coefficient (Wildman–Crippen LogP) is 1.44. The molecule has 0 amide bonds. The summed E-state index contributed by atoms with van der Waals surface area (Å²) in [6.45, 7) is 0.753. The Morgan fingerprint density at radius 3 is 2.59 bits per heavy atom. The van der Waals surface area contributed by atoms with Gasteiger partial charge in [0.05, 0.1) is 13.0 Å². The van der Waals surface area contributed by atoms with Gasteiger partial charge in [-0.05, 0) is 12.1 Å². The highest BCUT2D eigenvalue weighted by atomic mass is 19.1. The molecule has 1 aliphatic heterocycles. The molecule has 2 rings (SSSR count). The summed E-state index contributed by atoms with van der Waals surface area (Å²) in [5.74, 6) is -2.72. The van der Waals surface area contributed by atoms with E-state index in [9.17, 15) is 13.6 Å². The van der Waals surface area contributed by atoms with Gasteiger partial charge in [0, 0.05) is 24.6 Å². The zero-order chi connectivity index (χ0) is 12.4. The summed E-state index contributed by atoms with van der Waals surface area (Å²) in [7, 11) is 1.27. The predicted molar refractivity (Wildman–Crippen MR) is 57.5 cm³/mol. The number of carbonyl (C=O) groups excluding carboxylic acids is 1. The lowest BCUT2D eigenvalue weighted by molar-refractivity contribution is -0.145. The van der Waals surface area contributed by atoms with E-state index < -0.39 is 29.4 Å². The maximum atomic E-state index is 13.6. The summed E-state index contributed by atoms with van der Waals surface area (Å²) >= 11 is 0. The highest BCUT2D eigenvalue weighted by molar-refractivity contribution is 5.74. The molecular formula is C12H13F2NO2. The lowest BCUT2D eigenvalue weighted by atomic mass is 9.88. The Labute approximate surface area is 97.8 Å². The van der Waals surface area contributed by atoms with Crippen molar-refractivity contribution in [1.82, 2.24) is 5.32 Å². The fraction of sp³-hybridized carbons (Fsp3) is 0.417. The molecule has 1 saturated heterocycles. The summed E-state index contributed by atoms with van der Waals surface area (Å²) in [6, 6.07) is 3.71. The number of carbonyl (C=O) groups is 1. The van der Waals surface area contributed by atoms with Gasteiger partial charge in [-0.3, -0.25) is 4.79 Å². The van der Waals surface area contributed by atoms with Gasteiger partial charge in [-0.15, -0.1) is 0 Å². The average molecular weight is 241 g/mol. The molecule has 2 unspecified atom stereocenters. The smallest absolute Gasteiger partial charge is 0.310 e. The SMILES string of the molecule is COC(=O)C1CNCC1c1c(F)cccc1F. The van der Waals surface area contributed by atoms with Crippen LogP contribution in [0.3, 0.4) is 0 Å². The van der Waals surface area contributed by atoms with Gasteiger partial charge in [-0.2, -0.15) is 0 Å².